The average Bonchev–Trinajstić information content (AvgIpc) is 2.35. The van der Waals surface area contributed by atoms with E-state index in [-0.39, 0.29) is 0 Å². The van der Waals surface area contributed by atoms with Crippen molar-refractivity contribution in [3.63, 3.8) is 0 Å². The lowest BCUT2D eigenvalue weighted by molar-refractivity contribution is 0.305. The van der Waals surface area contributed by atoms with Gasteiger partial charge >= 0.3 is 0 Å². The first-order valence-corrected chi connectivity index (χ1v) is 5.62. The molecule has 0 radical (unpaired) electrons. The van der Waals surface area contributed by atoms with Crippen molar-refractivity contribution in [2.45, 2.75) is 66.2 Å². The molecule has 78 valence electrons. The van der Waals surface area contributed by atoms with Crippen molar-refractivity contribution in [1.29, 1.82) is 0 Å². The van der Waals surface area contributed by atoms with E-state index in [1.165, 1.54) is 44.1 Å². The van der Waals surface area contributed by atoms with E-state index < -0.39 is 0 Å². The van der Waals surface area contributed by atoms with Gasteiger partial charge in [0.05, 0.1) is 0 Å². The summed E-state index contributed by atoms with van der Waals surface area (Å²) in [6.45, 7) is 12.2. The van der Waals surface area contributed by atoms with Crippen LogP contribution >= 0.6 is 0 Å². The number of rotatable bonds is 2. The highest BCUT2D eigenvalue weighted by molar-refractivity contribution is 4.79. The van der Waals surface area contributed by atoms with Gasteiger partial charge < -0.3 is 0 Å². The molecule has 0 atom stereocenters. The van der Waals surface area contributed by atoms with E-state index in [4.69, 9.17) is 0 Å². The van der Waals surface area contributed by atoms with Crippen LogP contribution < -0.4 is 0 Å². The van der Waals surface area contributed by atoms with Gasteiger partial charge in [-0.2, -0.15) is 0 Å². The number of allylic oxidation sites excluding steroid dienone is 1. The zero-order chi connectivity index (χ0) is 10.3. The molecule has 1 aliphatic rings. The maximum Gasteiger partial charge on any atom is -0.0326 e. The van der Waals surface area contributed by atoms with Crippen molar-refractivity contribution in [1.82, 2.24) is 0 Å². The second-order valence-corrected chi connectivity index (χ2v) is 4.97. The van der Waals surface area contributed by atoms with Crippen molar-refractivity contribution in [2.24, 2.45) is 5.41 Å². The summed E-state index contributed by atoms with van der Waals surface area (Å²) >= 11 is 0. The van der Waals surface area contributed by atoms with Crippen LogP contribution in [0.3, 0.4) is 0 Å². The van der Waals surface area contributed by atoms with Crippen molar-refractivity contribution in [3.8, 4) is 0 Å². The Morgan fingerprint density at radius 3 is 1.92 bits per heavy atom. The lowest BCUT2D eigenvalue weighted by Crippen LogP contribution is -2.09. The summed E-state index contributed by atoms with van der Waals surface area (Å²) in [5.41, 5.74) is 1.91. The Morgan fingerprint density at radius 1 is 1.23 bits per heavy atom. The van der Waals surface area contributed by atoms with Gasteiger partial charge in [0.15, 0.2) is 0 Å². The highest BCUT2D eigenvalue weighted by Gasteiger charge is 2.26. The molecule has 0 aromatic rings. The van der Waals surface area contributed by atoms with Gasteiger partial charge in [0.1, 0.15) is 0 Å². The minimum absolute atomic E-state index is 0.745. The van der Waals surface area contributed by atoms with E-state index in [1.54, 1.807) is 0 Å². The van der Waals surface area contributed by atoms with Crippen LogP contribution in [-0.4, -0.2) is 0 Å². The van der Waals surface area contributed by atoms with Crippen molar-refractivity contribution in [2.75, 3.05) is 0 Å². The predicted octanol–water partition coefficient (Wildman–Crippen LogP) is 4.95. The molecular weight excluding hydrogens is 156 g/mol. The second-order valence-electron chi connectivity index (χ2n) is 4.97. The molecule has 0 heterocycles. The van der Waals surface area contributed by atoms with Gasteiger partial charge in [0, 0.05) is 0 Å². The summed E-state index contributed by atoms with van der Waals surface area (Å²) in [5, 5.41) is 0. The minimum atomic E-state index is 0.745. The average molecular weight is 182 g/mol. The van der Waals surface area contributed by atoms with Crippen LogP contribution in [0.15, 0.2) is 12.2 Å². The largest absolute Gasteiger partial charge is 0.100 e. The normalized spacial score (nSPS) is 19.1. The van der Waals surface area contributed by atoms with Gasteiger partial charge in [-0.05, 0) is 38.5 Å². The minimum Gasteiger partial charge on any atom is -0.100 e. The summed E-state index contributed by atoms with van der Waals surface area (Å²) in [6, 6.07) is 0. The van der Waals surface area contributed by atoms with Crippen LogP contribution in [0.2, 0.25) is 0 Å². The molecule has 0 spiro atoms. The highest BCUT2D eigenvalue weighted by Crippen LogP contribution is 2.40. The number of hydrogen-bond donors (Lipinski definition) is 0. The fraction of sp³-hybridized carbons (Fsp3) is 0.846. The lowest BCUT2D eigenvalue weighted by atomic mass is 9.84. The maximum atomic E-state index is 3.56. The van der Waals surface area contributed by atoms with Gasteiger partial charge in [0.2, 0.25) is 0 Å². The Hall–Kier alpha value is -0.260. The maximum absolute atomic E-state index is 3.56. The molecule has 0 saturated heterocycles. The van der Waals surface area contributed by atoms with Crippen molar-refractivity contribution in [3.05, 3.63) is 12.2 Å². The van der Waals surface area contributed by atoms with Crippen LogP contribution in [0, 0.1) is 5.41 Å². The van der Waals surface area contributed by atoms with Gasteiger partial charge in [-0.25, -0.2) is 0 Å². The third-order valence-electron chi connectivity index (χ3n) is 2.66. The lowest BCUT2D eigenvalue weighted by Gasteiger charge is -2.21. The quantitative estimate of drug-likeness (QED) is 0.530. The second kappa shape index (κ2) is 6.23. The summed E-state index contributed by atoms with van der Waals surface area (Å²) < 4.78 is 0. The third-order valence-corrected chi connectivity index (χ3v) is 2.66. The Morgan fingerprint density at radius 2 is 1.62 bits per heavy atom. The molecule has 1 rings (SSSR count). The summed E-state index contributed by atoms with van der Waals surface area (Å²) in [7, 11) is 0. The summed E-state index contributed by atoms with van der Waals surface area (Å²) in [6.07, 6.45) is 8.76. The molecule has 0 heteroatoms. The SMILES string of the molecule is C=C(C)C.CCCC1(C)CCCC1. The van der Waals surface area contributed by atoms with Gasteiger partial charge in [0.25, 0.3) is 0 Å². The monoisotopic (exact) mass is 182 g/mol. The van der Waals surface area contributed by atoms with Crippen LogP contribution in [0.5, 0.6) is 0 Å². The summed E-state index contributed by atoms with van der Waals surface area (Å²) in [4.78, 5) is 0. The van der Waals surface area contributed by atoms with Crippen LogP contribution in [-0.2, 0) is 0 Å². The van der Waals surface area contributed by atoms with Gasteiger partial charge in [-0.15, -0.1) is 6.58 Å². The molecule has 13 heavy (non-hydrogen) atoms. The van der Waals surface area contributed by atoms with E-state index in [1.807, 2.05) is 13.8 Å². The molecule has 0 aliphatic heterocycles. The fourth-order valence-electron chi connectivity index (χ4n) is 2.08. The molecule has 0 N–H and O–H groups in total. The molecule has 0 bridgehead atoms. The summed E-state index contributed by atoms with van der Waals surface area (Å²) in [5.74, 6) is 0. The molecule has 0 amide bonds. The first-order valence-electron chi connectivity index (χ1n) is 5.62. The van der Waals surface area contributed by atoms with Crippen molar-refractivity contribution < 1.29 is 0 Å². The standard InChI is InChI=1S/C9H18.C4H8/c1-3-6-9(2)7-4-5-8-9;1-4(2)3/h3-8H2,1-2H3;1H2,2-3H3. The van der Waals surface area contributed by atoms with Gasteiger partial charge in [-0.3, -0.25) is 0 Å². The van der Waals surface area contributed by atoms with E-state index in [2.05, 4.69) is 20.4 Å². The Bertz CT molecular complexity index is 134. The third kappa shape index (κ3) is 6.86. The smallest absolute Gasteiger partial charge is 0.0326 e. The zero-order valence-electron chi connectivity index (χ0n) is 9.95. The highest BCUT2D eigenvalue weighted by atomic mass is 14.3. The zero-order valence-corrected chi connectivity index (χ0v) is 9.95. The molecular formula is C13H26. The van der Waals surface area contributed by atoms with Gasteiger partial charge in [-0.1, -0.05) is 38.7 Å². The molecule has 1 saturated carbocycles. The molecule has 1 aliphatic carbocycles. The van der Waals surface area contributed by atoms with E-state index in [0.717, 1.165) is 5.41 Å². The van der Waals surface area contributed by atoms with Crippen LogP contribution in [0.4, 0.5) is 0 Å². The Kier molecular flexibility index (Phi) is 6.11. The topological polar surface area (TPSA) is 0 Å². The molecule has 0 unspecified atom stereocenters. The molecule has 0 aromatic carbocycles. The first kappa shape index (κ1) is 12.7. The van der Waals surface area contributed by atoms with Crippen molar-refractivity contribution >= 4 is 0 Å². The van der Waals surface area contributed by atoms with Crippen LogP contribution in [0.1, 0.15) is 66.2 Å². The van der Waals surface area contributed by atoms with E-state index in [9.17, 15) is 0 Å². The Labute approximate surface area is 84.4 Å². The Balaban J connectivity index is 0.000000310. The fourth-order valence-corrected chi connectivity index (χ4v) is 2.08. The van der Waals surface area contributed by atoms with E-state index >= 15 is 0 Å². The van der Waals surface area contributed by atoms with E-state index in [0.29, 0.717) is 0 Å². The number of hydrogen-bond acceptors (Lipinski definition) is 0. The molecule has 0 nitrogen and oxygen atoms in total. The molecule has 1 fully saturated rings. The molecule has 0 aromatic heterocycles. The predicted molar refractivity (Wildman–Crippen MR) is 62.0 cm³/mol. The van der Waals surface area contributed by atoms with Crippen LogP contribution in [0.25, 0.3) is 0 Å². The first-order chi connectivity index (χ1) is 6.00.